The molecule has 1 fully saturated rings. The molecule has 0 spiro atoms. The molecule has 1 aliphatic rings. The molecule has 4 N–H and O–H groups in total. The van der Waals surface area contributed by atoms with Crippen LogP contribution in [-0.2, 0) is 16.0 Å². The molecule has 1 unspecified atom stereocenters. The van der Waals surface area contributed by atoms with Crippen molar-refractivity contribution in [2.24, 2.45) is 5.73 Å². The number of aliphatic hydroxyl groups excluding tert-OH is 1. The van der Waals surface area contributed by atoms with E-state index in [4.69, 9.17) is 10.5 Å². The number of H-pyrrole nitrogens is 1. The molecule has 2 amide bonds. The Hall–Kier alpha value is -3.21. The Morgan fingerprint density at radius 1 is 1.32 bits per heavy atom. The minimum Gasteiger partial charge on any atom is -0.484 e. The van der Waals surface area contributed by atoms with E-state index in [1.807, 2.05) is 36.4 Å². The lowest BCUT2D eigenvalue weighted by molar-refractivity contribution is -0.131. The van der Waals surface area contributed by atoms with E-state index in [2.05, 4.69) is 9.88 Å². The maximum atomic E-state index is 13.3. The molecule has 2 aromatic carbocycles. The van der Waals surface area contributed by atoms with E-state index < -0.39 is 5.91 Å². The van der Waals surface area contributed by atoms with E-state index in [0.717, 1.165) is 39.2 Å². The number of nitrogens with one attached hydrogen (secondary N) is 1. The molecule has 0 aliphatic carbocycles. The van der Waals surface area contributed by atoms with Gasteiger partial charge in [0.1, 0.15) is 5.75 Å². The summed E-state index contributed by atoms with van der Waals surface area (Å²) >= 11 is 1.14. The summed E-state index contributed by atoms with van der Waals surface area (Å²) in [6.07, 6.45) is 0.512. The van der Waals surface area contributed by atoms with E-state index in [1.54, 1.807) is 18.0 Å². The number of hydrogen-bond acceptors (Lipinski definition) is 7. The molecule has 1 saturated heterocycles. The van der Waals surface area contributed by atoms with Crippen LogP contribution in [0.1, 0.15) is 23.6 Å². The quantitative estimate of drug-likeness (QED) is 0.419. The zero-order valence-corrected chi connectivity index (χ0v) is 19.7. The van der Waals surface area contributed by atoms with Gasteiger partial charge in [-0.3, -0.25) is 19.3 Å². The second-order valence-electron chi connectivity index (χ2n) is 8.57. The van der Waals surface area contributed by atoms with Crippen LogP contribution in [0.3, 0.4) is 0 Å². The number of likely N-dealkylation sites (tertiary alicyclic amines) is 1. The van der Waals surface area contributed by atoms with Gasteiger partial charge in [-0.15, -0.1) is 0 Å². The fourth-order valence-electron chi connectivity index (χ4n) is 4.22. The predicted octanol–water partition coefficient (Wildman–Crippen LogP) is 1.26. The minimum atomic E-state index is -0.566. The Morgan fingerprint density at radius 2 is 2.15 bits per heavy atom. The van der Waals surface area contributed by atoms with Crippen LogP contribution in [0.2, 0.25) is 0 Å². The average Bonchev–Trinajstić information content (AvgIpc) is 3.39. The summed E-state index contributed by atoms with van der Waals surface area (Å²) in [6, 6.07) is 12.5. The van der Waals surface area contributed by atoms with Crippen molar-refractivity contribution in [3.05, 3.63) is 63.3 Å². The summed E-state index contributed by atoms with van der Waals surface area (Å²) in [4.78, 5) is 42.5. The van der Waals surface area contributed by atoms with Gasteiger partial charge >= 0.3 is 4.87 Å². The maximum Gasteiger partial charge on any atom is 0.305 e. The molecule has 9 nitrogen and oxygen atoms in total. The summed E-state index contributed by atoms with van der Waals surface area (Å²) in [5.74, 6) is -0.148. The molecular formula is C24H28N4O5S. The number of nitrogens with two attached hydrogens (primary N) is 1. The number of nitrogens with zero attached hydrogens (tertiary/aromatic N) is 2. The summed E-state index contributed by atoms with van der Waals surface area (Å²) in [5, 5.41) is 9.97. The number of ether oxygens (including phenoxy) is 1. The van der Waals surface area contributed by atoms with Gasteiger partial charge in [0.05, 0.1) is 28.8 Å². The number of carbonyl (C=O) groups is 2. The predicted molar refractivity (Wildman–Crippen MR) is 130 cm³/mol. The van der Waals surface area contributed by atoms with Crippen molar-refractivity contribution in [3.8, 4) is 5.75 Å². The van der Waals surface area contributed by atoms with Crippen LogP contribution in [-0.4, -0.2) is 71.1 Å². The van der Waals surface area contributed by atoms with Crippen molar-refractivity contribution < 1.29 is 19.4 Å². The summed E-state index contributed by atoms with van der Waals surface area (Å²) in [7, 11) is 1.77. The highest BCUT2D eigenvalue weighted by atomic mass is 32.1. The molecule has 2 heterocycles. The fraction of sp³-hybridized carbons (Fsp3) is 0.375. The lowest BCUT2D eigenvalue weighted by atomic mass is 10.0. The lowest BCUT2D eigenvalue weighted by Crippen LogP contribution is -2.39. The van der Waals surface area contributed by atoms with Crippen LogP contribution in [0.5, 0.6) is 5.75 Å². The molecule has 1 aliphatic heterocycles. The second kappa shape index (κ2) is 10.4. The van der Waals surface area contributed by atoms with Gasteiger partial charge in [0, 0.05) is 26.7 Å². The van der Waals surface area contributed by atoms with Gasteiger partial charge < -0.3 is 25.5 Å². The van der Waals surface area contributed by atoms with Crippen LogP contribution < -0.4 is 15.3 Å². The molecule has 10 heteroatoms. The third-order valence-corrected chi connectivity index (χ3v) is 6.87. The zero-order valence-electron chi connectivity index (χ0n) is 18.9. The fourth-order valence-corrected chi connectivity index (χ4v) is 4.94. The largest absolute Gasteiger partial charge is 0.484 e. The number of aromatic nitrogens is 1. The number of aliphatic hydroxyl groups is 1. The molecule has 0 saturated carbocycles. The van der Waals surface area contributed by atoms with Crippen molar-refractivity contribution in [3.63, 3.8) is 0 Å². The summed E-state index contributed by atoms with van der Waals surface area (Å²) < 4.78 is 6.32. The van der Waals surface area contributed by atoms with E-state index >= 15 is 0 Å². The highest BCUT2D eigenvalue weighted by Crippen LogP contribution is 2.27. The summed E-state index contributed by atoms with van der Waals surface area (Å²) in [6.45, 7) is 1.63. The highest BCUT2D eigenvalue weighted by Gasteiger charge is 2.28. The molecule has 0 bridgehead atoms. The first-order chi connectivity index (χ1) is 16.3. The highest BCUT2D eigenvalue weighted by molar-refractivity contribution is 7.16. The number of β-amino-alcohol motifs (C(OH)–C–C–N with tert-alkyl or cyclic N) is 1. The third kappa shape index (κ3) is 5.82. The average molecular weight is 485 g/mol. The van der Waals surface area contributed by atoms with Crippen LogP contribution in [0.15, 0.2) is 47.3 Å². The van der Waals surface area contributed by atoms with Gasteiger partial charge in [-0.2, -0.15) is 0 Å². The number of hydrogen-bond donors (Lipinski definition) is 3. The topological polar surface area (TPSA) is 129 Å². The molecule has 180 valence electrons. The molecule has 2 atom stereocenters. The number of benzene rings is 2. The lowest BCUT2D eigenvalue weighted by Gasteiger charge is -2.32. The monoisotopic (exact) mass is 484 g/mol. The third-order valence-electron chi connectivity index (χ3n) is 6.00. The van der Waals surface area contributed by atoms with Crippen LogP contribution in [0.25, 0.3) is 10.2 Å². The Balaban J connectivity index is 1.55. The van der Waals surface area contributed by atoms with Crippen LogP contribution in [0, 0.1) is 0 Å². The first kappa shape index (κ1) is 23.9. The SMILES string of the molecule is CN(C(=O)Cc1ccc2sc(=O)[nH]c2c1)C(CN1CC[C@@H](O)C1)c1cccc(OCC(N)=O)c1. The normalized spacial score (nSPS) is 17.1. The maximum absolute atomic E-state index is 13.3. The second-order valence-corrected chi connectivity index (χ2v) is 9.59. The Morgan fingerprint density at radius 3 is 2.88 bits per heavy atom. The van der Waals surface area contributed by atoms with E-state index in [0.29, 0.717) is 25.3 Å². The zero-order chi connectivity index (χ0) is 24.2. The van der Waals surface area contributed by atoms with Crippen molar-refractivity contribution in [2.75, 3.05) is 33.3 Å². The van der Waals surface area contributed by atoms with Gasteiger partial charge in [0.2, 0.25) is 5.91 Å². The van der Waals surface area contributed by atoms with E-state index in [-0.39, 0.29) is 36.0 Å². The first-order valence-electron chi connectivity index (χ1n) is 11.1. The smallest absolute Gasteiger partial charge is 0.305 e. The molecule has 34 heavy (non-hydrogen) atoms. The number of aromatic amines is 1. The Kier molecular flexibility index (Phi) is 7.30. The molecule has 3 aromatic rings. The van der Waals surface area contributed by atoms with Crippen molar-refractivity contribution in [2.45, 2.75) is 25.0 Å². The van der Waals surface area contributed by atoms with E-state index in [1.165, 1.54) is 0 Å². The number of fused-ring (bicyclic) bond motifs is 1. The van der Waals surface area contributed by atoms with Gasteiger partial charge in [-0.25, -0.2) is 0 Å². The van der Waals surface area contributed by atoms with Gasteiger partial charge in [-0.05, 0) is 41.8 Å². The Bertz CT molecular complexity index is 1240. The molecular weight excluding hydrogens is 456 g/mol. The van der Waals surface area contributed by atoms with Crippen molar-refractivity contribution in [1.29, 1.82) is 0 Å². The molecule has 1 aromatic heterocycles. The molecule has 0 radical (unpaired) electrons. The minimum absolute atomic E-state index is 0.0786. The van der Waals surface area contributed by atoms with Gasteiger partial charge in [0.25, 0.3) is 5.91 Å². The van der Waals surface area contributed by atoms with Gasteiger partial charge in [0.15, 0.2) is 6.61 Å². The molecule has 4 rings (SSSR count). The standard InChI is InChI=1S/C24H28N4O5S/c1-27(23(31)10-15-5-6-21-19(9-15)26-24(32)34-21)20(13-28-8-7-17(29)12-28)16-3-2-4-18(11-16)33-14-22(25)30/h2-6,9,11,17,20,29H,7-8,10,12-14H2,1H3,(H2,25,30)(H,26,32)/t17-,20?/m1/s1. The van der Waals surface area contributed by atoms with Crippen LogP contribution in [0.4, 0.5) is 0 Å². The van der Waals surface area contributed by atoms with Crippen molar-refractivity contribution >= 4 is 33.4 Å². The number of likely N-dealkylation sites (N-methyl/N-ethyl adjacent to an activating group) is 1. The number of primary amides is 1. The van der Waals surface area contributed by atoms with E-state index in [9.17, 15) is 19.5 Å². The number of thiazole rings is 1. The number of carbonyl (C=O) groups excluding carboxylic acids is 2. The number of amides is 2. The van der Waals surface area contributed by atoms with Crippen molar-refractivity contribution in [1.82, 2.24) is 14.8 Å². The summed E-state index contributed by atoms with van der Waals surface area (Å²) in [5.41, 5.74) is 7.59. The number of rotatable bonds is 9. The van der Waals surface area contributed by atoms with Crippen LogP contribution >= 0.6 is 11.3 Å². The van der Waals surface area contributed by atoms with Gasteiger partial charge in [-0.1, -0.05) is 29.5 Å². The first-order valence-corrected chi connectivity index (χ1v) is 11.9. The Labute approximate surface area is 200 Å².